The highest BCUT2D eigenvalue weighted by atomic mass is 16.3. The van der Waals surface area contributed by atoms with Crippen molar-refractivity contribution in [1.82, 2.24) is 20.2 Å². The van der Waals surface area contributed by atoms with E-state index in [1.165, 1.54) is 4.80 Å². The Kier molecular flexibility index (Phi) is 3.30. The summed E-state index contributed by atoms with van der Waals surface area (Å²) in [6.07, 6.45) is 0. The third kappa shape index (κ3) is 2.46. The molecule has 102 valence electrons. The van der Waals surface area contributed by atoms with Crippen LogP contribution in [0.4, 0.5) is 0 Å². The van der Waals surface area contributed by atoms with Crippen LogP contribution in [0.2, 0.25) is 0 Å². The van der Waals surface area contributed by atoms with Crippen molar-refractivity contribution < 1.29 is 4.42 Å². The van der Waals surface area contributed by atoms with E-state index in [4.69, 9.17) is 10.2 Å². The van der Waals surface area contributed by atoms with Gasteiger partial charge in [-0.1, -0.05) is 30.3 Å². The summed E-state index contributed by atoms with van der Waals surface area (Å²) in [6.45, 7) is 2.81. The van der Waals surface area contributed by atoms with E-state index in [0.29, 0.717) is 18.9 Å². The predicted molar refractivity (Wildman–Crippen MR) is 73.7 cm³/mol. The van der Waals surface area contributed by atoms with E-state index >= 15 is 0 Å². The van der Waals surface area contributed by atoms with Gasteiger partial charge < -0.3 is 10.2 Å². The third-order valence-corrected chi connectivity index (χ3v) is 3.04. The summed E-state index contributed by atoms with van der Waals surface area (Å²) in [7, 11) is 0. The molecular weight excluding hydrogens is 254 g/mol. The quantitative estimate of drug-likeness (QED) is 0.780. The van der Waals surface area contributed by atoms with Gasteiger partial charge >= 0.3 is 0 Å². The number of tetrazole rings is 1. The maximum atomic E-state index is 5.63. The van der Waals surface area contributed by atoms with Crippen molar-refractivity contribution in [2.24, 2.45) is 5.73 Å². The molecule has 0 spiro atoms. The first-order chi connectivity index (χ1) is 9.76. The second-order valence-corrected chi connectivity index (χ2v) is 4.53. The second kappa shape index (κ2) is 5.26. The molecule has 3 aromatic rings. The highest BCUT2D eigenvalue weighted by Gasteiger charge is 2.10. The van der Waals surface area contributed by atoms with E-state index in [1.807, 2.05) is 43.3 Å². The minimum Gasteiger partial charge on any atom is -0.462 e. The van der Waals surface area contributed by atoms with Crippen LogP contribution in [0.5, 0.6) is 0 Å². The molecule has 0 bridgehead atoms. The van der Waals surface area contributed by atoms with E-state index in [1.54, 1.807) is 0 Å². The van der Waals surface area contributed by atoms with Crippen LogP contribution < -0.4 is 5.73 Å². The fourth-order valence-corrected chi connectivity index (χ4v) is 2.02. The fraction of sp³-hybridized carbons (Fsp3) is 0.214. The molecule has 0 radical (unpaired) electrons. The van der Waals surface area contributed by atoms with E-state index in [9.17, 15) is 0 Å². The standard InChI is InChI=1S/C14H15N5O/c1-10-7-12(20-13(10)8-15)9-19-17-14(16-18-19)11-5-3-2-4-6-11/h2-7H,8-9,15H2,1H3. The molecule has 0 saturated heterocycles. The Balaban J connectivity index is 1.80. The molecular formula is C14H15N5O. The van der Waals surface area contributed by atoms with Crippen molar-refractivity contribution in [2.75, 3.05) is 0 Å². The van der Waals surface area contributed by atoms with Crippen LogP contribution in [0.1, 0.15) is 17.1 Å². The molecule has 2 aromatic heterocycles. The highest BCUT2D eigenvalue weighted by Crippen LogP contribution is 2.16. The number of rotatable bonds is 4. The molecule has 6 nitrogen and oxygen atoms in total. The second-order valence-electron chi connectivity index (χ2n) is 4.53. The lowest BCUT2D eigenvalue weighted by molar-refractivity contribution is 0.426. The fourth-order valence-electron chi connectivity index (χ4n) is 2.02. The molecule has 1 aromatic carbocycles. The molecule has 0 fully saturated rings. The van der Waals surface area contributed by atoms with Gasteiger partial charge in [0, 0.05) is 5.56 Å². The number of nitrogens with two attached hydrogens (primary N) is 1. The summed E-state index contributed by atoms with van der Waals surface area (Å²) >= 11 is 0. The molecule has 0 aliphatic heterocycles. The number of aromatic nitrogens is 4. The molecule has 3 rings (SSSR count). The Bertz CT molecular complexity index is 701. The molecule has 0 unspecified atom stereocenters. The lowest BCUT2D eigenvalue weighted by Gasteiger charge is -1.95. The maximum absolute atomic E-state index is 5.63. The Hall–Kier alpha value is -2.47. The van der Waals surface area contributed by atoms with Gasteiger partial charge in [-0.2, -0.15) is 4.80 Å². The van der Waals surface area contributed by atoms with Crippen molar-refractivity contribution in [3.05, 3.63) is 53.5 Å². The van der Waals surface area contributed by atoms with E-state index in [2.05, 4.69) is 15.4 Å². The summed E-state index contributed by atoms with van der Waals surface area (Å²) < 4.78 is 5.63. The number of furan rings is 1. The average Bonchev–Trinajstić information content (AvgIpc) is 3.07. The monoisotopic (exact) mass is 269 g/mol. The molecule has 2 heterocycles. The maximum Gasteiger partial charge on any atom is 0.204 e. The summed E-state index contributed by atoms with van der Waals surface area (Å²) in [5.74, 6) is 2.18. The van der Waals surface area contributed by atoms with Crippen molar-refractivity contribution in [2.45, 2.75) is 20.0 Å². The Morgan fingerprint density at radius 3 is 2.75 bits per heavy atom. The van der Waals surface area contributed by atoms with Gasteiger partial charge in [-0.3, -0.25) is 0 Å². The van der Waals surface area contributed by atoms with Crippen molar-refractivity contribution in [3.8, 4) is 11.4 Å². The van der Waals surface area contributed by atoms with Crippen LogP contribution in [-0.4, -0.2) is 20.2 Å². The third-order valence-electron chi connectivity index (χ3n) is 3.04. The van der Waals surface area contributed by atoms with Gasteiger partial charge in [-0.25, -0.2) is 0 Å². The molecule has 0 amide bonds. The normalized spacial score (nSPS) is 10.9. The first-order valence-electron chi connectivity index (χ1n) is 6.38. The van der Waals surface area contributed by atoms with Crippen LogP contribution in [0.15, 0.2) is 40.8 Å². The lowest BCUT2D eigenvalue weighted by atomic mass is 10.2. The van der Waals surface area contributed by atoms with Crippen molar-refractivity contribution in [3.63, 3.8) is 0 Å². The van der Waals surface area contributed by atoms with Crippen LogP contribution in [0.3, 0.4) is 0 Å². The zero-order valence-electron chi connectivity index (χ0n) is 11.2. The average molecular weight is 269 g/mol. The van der Waals surface area contributed by atoms with E-state index in [-0.39, 0.29) is 0 Å². The van der Waals surface area contributed by atoms with Gasteiger partial charge in [-0.15, -0.1) is 10.2 Å². The van der Waals surface area contributed by atoms with Crippen LogP contribution in [-0.2, 0) is 13.1 Å². The number of aryl methyl sites for hydroxylation is 1. The minimum atomic E-state index is 0.395. The summed E-state index contributed by atoms with van der Waals surface area (Å²) in [5.41, 5.74) is 7.58. The summed E-state index contributed by atoms with van der Waals surface area (Å²) in [5, 5.41) is 12.4. The molecule has 2 N–H and O–H groups in total. The number of hydrogen-bond donors (Lipinski definition) is 1. The van der Waals surface area contributed by atoms with Gasteiger partial charge in [0.15, 0.2) is 0 Å². The largest absolute Gasteiger partial charge is 0.462 e. The van der Waals surface area contributed by atoms with Gasteiger partial charge in [0.25, 0.3) is 0 Å². The Morgan fingerprint density at radius 1 is 1.25 bits per heavy atom. The highest BCUT2D eigenvalue weighted by molar-refractivity contribution is 5.52. The van der Waals surface area contributed by atoms with E-state index < -0.39 is 0 Å². The summed E-state index contributed by atoms with van der Waals surface area (Å²) in [4.78, 5) is 1.51. The van der Waals surface area contributed by atoms with Crippen molar-refractivity contribution >= 4 is 0 Å². The smallest absolute Gasteiger partial charge is 0.204 e. The summed E-state index contributed by atoms with van der Waals surface area (Å²) in [6, 6.07) is 11.7. The number of nitrogens with zero attached hydrogens (tertiary/aromatic N) is 4. The molecule has 20 heavy (non-hydrogen) atoms. The van der Waals surface area contributed by atoms with Gasteiger partial charge in [0.05, 0.1) is 6.54 Å². The Morgan fingerprint density at radius 2 is 2.05 bits per heavy atom. The number of benzene rings is 1. The zero-order valence-corrected chi connectivity index (χ0v) is 11.2. The van der Waals surface area contributed by atoms with Crippen LogP contribution in [0.25, 0.3) is 11.4 Å². The lowest BCUT2D eigenvalue weighted by Crippen LogP contribution is -2.03. The first kappa shape index (κ1) is 12.6. The van der Waals surface area contributed by atoms with Gasteiger partial charge in [0.2, 0.25) is 5.82 Å². The zero-order chi connectivity index (χ0) is 13.9. The van der Waals surface area contributed by atoms with Gasteiger partial charge in [-0.05, 0) is 23.8 Å². The predicted octanol–water partition coefficient (Wildman–Crippen LogP) is 1.75. The van der Waals surface area contributed by atoms with Crippen LogP contribution in [0, 0.1) is 6.92 Å². The molecule has 0 aliphatic rings. The molecule has 0 saturated carbocycles. The molecule has 0 aliphatic carbocycles. The number of hydrogen-bond acceptors (Lipinski definition) is 5. The molecule has 6 heteroatoms. The van der Waals surface area contributed by atoms with E-state index in [0.717, 1.165) is 22.6 Å². The van der Waals surface area contributed by atoms with Crippen LogP contribution >= 0.6 is 0 Å². The van der Waals surface area contributed by atoms with Gasteiger partial charge in [0.1, 0.15) is 18.1 Å². The van der Waals surface area contributed by atoms with Crippen molar-refractivity contribution in [1.29, 1.82) is 0 Å². The molecule has 0 atom stereocenters. The SMILES string of the molecule is Cc1cc(Cn2nnc(-c3ccccc3)n2)oc1CN. The topological polar surface area (TPSA) is 82.8 Å². The minimum absolute atomic E-state index is 0.395. The first-order valence-corrected chi connectivity index (χ1v) is 6.38. The Labute approximate surface area is 116 Å².